The number of hydrogen-bond donors (Lipinski definition) is 1. The Bertz CT molecular complexity index is 612. The zero-order chi connectivity index (χ0) is 15.9. The highest BCUT2D eigenvalue weighted by Gasteiger charge is 2.07. The minimum Gasteiger partial charge on any atom is -0.494 e. The van der Waals surface area contributed by atoms with E-state index >= 15 is 0 Å². The van der Waals surface area contributed by atoms with Crippen molar-refractivity contribution in [3.05, 3.63) is 54.1 Å². The number of rotatable bonds is 6. The van der Waals surface area contributed by atoms with Gasteiger partial charge in [-0.3, -0.25) is 4.79 Å². The smallest absolute Gasteiger partial charge is 0.387 e. The Morgan fingerprint density at radius 1 is 1.05 bits per heavy atom. The summed E-state index contributed by atoms with van der Waals surface area (Å²) >= 11 is 0. The molecule has 4 nitrogen and oxygen atoms in total. The molecule has 0 bridgehead atoms. The Hall–Kier alpha value is -2.63. The second-order valence-corrected chi connectivity index (χ2v) is 4.31. The van der Waals surface area contributed by atoms with Crippen molar-refractivity contribution in [2.45, 2.75) is 13.5 Å². The minimum atomic E-state index is -2.87. The molecule has 0 radical (unpaired) electrons. The van der Waals surface area contributed by atoms with E-state index in [4.69, 9.17) is 4.74 Å². The number of hydrogen-bond acceptors (Lipinski definition) is 3. The van der Waals surface area contributed by atoms with Crippen LogP contribution in [0.25, 0.3) is 0 Å². The molecule has 0 aliphatic heterocycles. The molecular weight excluding hydrogens is 292 g/mol. The van der Waals surface area contributed by atoms with Crippen molar-refractivity contribution in [1.29, 1.82) is 0 Å². The van der Waals surface area contributed by atoms with Crippen LogP contribution in [0.2, 0.25) is 0 Å². The fourth-order valence-electron chi connectivity index (χ4n) is 1.79. The molecule has 0 unspecified atom stereocenters. The van der Waals surface area contributed by atoms with Gasteiger partial charge >= 0.3 is 6.61 Å². The summed E-state index contributed by atoms with van der Waals surface area (Å²) in [5.74, 6) is 0.423. The van der Waals surface area contributed by atoms with Crippen molar-refractivity contribution in [2.24, 2.45) is 0 Å². The monoisotopic (exact) mass is 307 g/mol. The Kier molecular flexibility index (Phi) is 5.30. The van der Waals surface area contributed by atoms with Crippen LogP contribution >= 0.6 is 0 Å². The predicted octanol–water partition coefficient (Wildman–Crippen LogP) is 3.94. The van der Waals surface area contributed by atoms with Crippen molar-refractivity contribution in [3.8, 4) is 11.5 Å². The predicted molar refractivity (Wildman–Crippen MR) is 78.6 cm³/mol. The zero-order valence-electron chi connectivity index (χ0n) is 11.9. The molecule has 6 heteroatoms. The summed E-state index contributed by atoms with van der Waals surface area (Å²) in [6, 6.07) is 12.4. The number of anilines is 1. The van der Waals surface area contributed by atoms with Crippen LogP contribution in [0.5, 0.6) is 11.5 Å². The van der Waals surface area contributed by atoms with Crippen molar-refractivity contribution < 1.29 is 23.0 Å². The van der Waals surface area contributed by atoms with Crippen LogP contribution in [0.15, 0.2) is 48.5 Å². The summed E-state index contributed by atoms with van der Waals surface area (Å²) in [6.07, 6.45) is 0. The Morgan fingerprint density at radius 2 is 1.64 bits per heavy atom. The summed E-state index contributed by atoms with van der Waals surface area (Å²) in [4.78, 5) is 12.0. The van der Waals surface area contributed by atoms with Crippen molar-refractivity contribution >= 4 is 11.6 Å². The number of alkyl halides is 2. The van der Waals surface area contributed by atoms with E-state index in [0.29, 0.717) is 23.6 Å². The van der Waals surface area contributed by atoms with Gasteiger partial charge in [0.25, 0.3) is 5.91 Å². The van der Waals surface area contributed by atoms with Crippen molar-refractivity contribution in [3.63, 3.8) is 0 Å². The molecule has 0 atom stereocenters. The maximum absolute atomic E-state index is 12.0. The van der Waals surface area contributed by atoms with E-state index in [0.717, 1.165) is 0 Å². The molecule has 2 aromatic carbocycles. The summed E-state index contributed by atoms with van der Waals surface area (Å²) < 4.78 is 33.6. The number of carbonyl (C=O) groups excluding carboxylic acids is 1. The topological polar surface area (TPSA) is 47.6 Å². The largest absolute Gasteiger partial charge is 0.494 e. The fraction of sp³-hybridized carbons (Fsp3) is 0.188. The Labute approximate surface area is 126 Å². The number of ether oxygens (including phenoxy) is 2. The van der Waals surface area contributed by atoms with Crippen molar-refractivity contribution in [2.75, 3.05) is 11.9 Å². The fourth-order valence-corrected chi connectivity index (χ4v) is 1.79. The van der Waals surface area contributed by atoms with E-state index in [9.17, 15) is 13.6 Å². The van der Waals surface area contributed by atoms with Crippen LogP contribution in [-0.4, -0.2) is 19.1 Å². The highest BCUT2D eigenvalue weighted by Crippen LogP contribution is 2.19. The van der Waals surface area contributed by atoms with Gasteiger partial charge in [0.15, 0.2) is 0 Å². The molecule has 0 aliphatic rings. The highest BCUT2D eigenvalue weighted by atomic mass is 19.3. The van der Waals surface area contributed by atoms with Gasteiger partial charge in [-0.15, -0.1) is 0 Å². The summed E-state index contributed by atoms with van der Waals surface area (Å²) in [7, 11) is 0. The molecule has 22 heavy (non-hydrogen) atoms. The SMILES string of the molecule is CCOc1ccc(C(=O)Nc2ccc(OC(F)F)cc2)cc1. The zero-order valence-corrected chi connectivity index (χ0v) is 11.9. The standard InChI is InChI=1S/C16H15F2NO3/c1-2-21-13-7-3-11(4-8-13)15(20)19-12-5-9-14(10-6-12)22-16(17)18/h3-10,16H,2H2,1H3,(H,19,20). The summed E-state index contributed by atoms with van der Waals surface area (Å²) in [5.41, 5.74) is 0.955. The second kappa shape index (κ2) is 7.40. The molecule has 0 fully saturated rings. The lowest BCUT2D eigenvalue weighted by molar-refractivity contribution is -0.0498. The van der Waals surface area contributed by atoms with Gasteiger partial charge in [-0.1, -0.05) is 0 Å². The lowest BCUT2D eigenvalue weighted by Gasteiger charge is -2.08. The van der Waals surface area contributed by atoms with E-state index in [1.807, 2.05) is 6.92 Å². The van der Waals surface area contributed by atoms with E-state index in [-0.39, 0.29) is 11.7 Å². The quantitative estimate of drug-likeness (QED) is 0.879. The number of nitrogens with one attached hydrogen (secondary N) is 1. The first-order chi connectivity index (χ1) is 10.6. The van der Waals surface area contributed by atoms with Gasteiger partial charge in [0.1, 0.15) is 11.5 Å². The van der Waals surface area contributed by atoms with Gasteiger partial charge < -0.3 is 14.8 Å². The van der Waals surface area contributed by atoms with Crippen LogP contribution in [-0.2, 0) is 0 Å². The van der Waals surface area contributed by atoms with Crippen LogP contribution in [0, 0.1) is 0 Å². The van der Waals surface area contributed by atoms with Gasteiger partial charge in [-0.2, -0.15) is 8.78 Å². The minimum absolute atomic E-state index is 0.0362. The van der Waals surface area contributed by atoms with Crippen LogP contribution in [0.4, 0.5) is 14.5 Å². The van der Waals surface area contributed by atoms with Gasteiger partial charge in [0, 0.05) is 11.3 Å². The molecular formula is C16H15F2NO3. The van der Waals surface area contributed by atoms with Gasteiger partial charge in [0.05, 0.1) is 6.61 Å². The third-order valence-electron chi connectivity index (χ3n) is 2.76. The first kappa shape index (κ1) is 15.8. The molecule has 0 heterocycles. The molecule has 0 aromatic heterocycles. The van der Waals surface area contributed by atoms with E-state index in [2.05, 4.69) is 10.1 Å². The number of carbonyl (C=O) groups is 1. The lowest BCUT2D eigenvalue weighted by atomic mass is 10.2. The lowest BCUT2D eigenvalue weighted by Crippen LogP contribution is -2.11. The number of halogens is 2. The Morgan fingerprint density at radius 3 is 2.18 bits per heavy atom. The summed E-state index contributed by atoms with van der Waals surface area (Å²) in [6.45, 7) is -0.440. The molecule has 2 rings (SSSR count). The van der Waals surface area contributed by atoms with Crippen LogP contribution < -0.4 is 14.8 Å². The molecule has 0 spiro atoms. The molecule has 116 valence electrons. The number of amides is 1. The highest BCUT2D eigenvalue weighted by molar-refractivity contribution is 6.04. The average Bonchev–Trinajstić information content (AvgIpc) is 2.50. The molecule has 1 N–H and O–H groups in total. The molecule has 0 saturated carbocycles. The first-order valence-corrected chi connectivity index (χ1v) is 6.67. The van der Waals surface area contributed by atoms with Crippen LogP contribution in [0.3, 0.4) is 0 Å². The van der Waals surface area contributed by atoms with Gasteiger partial charge in [-0.25, -0.2) is 0 Å². The second-order valence-electron chi connectivity index (χ2n) is 4.31. The maximum Gasteiger partial charge on any atom is 0.387 e. The van der Waals surface area contributed by atoms with Crippen LogP contribution in [0.1, 0.15) is 17.3 Å². The molecule has 2 aromatic rings. The van der Waals surface area contributed by atoms with Gasteiger partial charge in [0.2, 0.25) is 0 Å². The maximum atomic E-state index is 12.0. The van der Waals surface area contributed by atoms with Crippen molar-refractivity contribution in [1.82, 2.24) is 0 Å². The third kappa shape index (κ3) is 4.44. The van der Waals surface area contributed by atoms with E-state index < -0.39 is 6.61 Å². The number of benzene rings is 2. The first-order valence-electron chi connectivity index (χ1n) is 6.67. The van der Waals surface area contributed by atoms with E-state index in [1.165, 1.54) is 24.3 Å². The normalized spacial score (nSPS) is 10.4. The third-order valence-corrected chi connectivity index (χ3v) is 2.76. The summed E-state index contributed by atoms with van der Waals surface area (Å²) in [5, 5.41) is 2.67. The molecule has 1 amide bonds. The van der Waals surface area contributed by atoms with Gasteiger partial charge in [-0.05, 0) is 55.5 Å². The van der Waals surface area contributed by atoms with E-state index in [1.54, 1.807) is 24.3 Å². The Balaban J connectivity index is 1.99. The molecule has 0 aliphatic carbocycles. The molecule has 0 saturated heterocycles. The average molecular weight is 307 g/mol.